The van der Waals surface area contributed by atoms with Crippen LogP contribution in [0.2, 0.25) is 0 Å². The molecule has 0 bridgehead atoms. The number of carbonyl (C=O) groups excluding carboxylic acids is 1. The van der Waals surface area contributed by atoms with Gasteiger partial charge in [-0.2, -0.15) is 4.98 Å². The maximum Gasteiger partial charge on any atom is 0.298 e. The molecule has 1 unspecified atom stereocenters. The summed E-state index contributed by atoms with van der Waals surface area (Å²) >= 11 is 0. The maximum absolute atomic E-state index is 13.2. The van der Waals surface area contributed by atoms with E-state index in [9.17, 15) is 4.79 Å². The van der Waals surface area contributed by atoms with Crippen molar-refractivity contribution in [2.45, 2.75) is 31.7 Å². The van der Waals surface area contributed by atoms with Gasteiger partial charge in [-0.05, 0) is 55.5 Å². The number of anilines is 1. The summed E-state index contributed by atoms with van der Waals surface area (Å²) in [7, 11) is 0. The number of rotatable bonds is 3. The highest BCUT2D eigenvalue weighted by Crippen LogP contribution is 2.35. The highest BCUT2D eigenvalue weighted by molar-refractivity contribution is 5.80. The van der Waals surface area contributed by atoms with E-state index in [1.54, 1.807) is 0 Å². The first-order chi connectivity index (χ1) is 13.8. The molecule has 2 saturated heterocycles. The number of para-hydroxylation sites is 2. The Bertz CT molecular complexity index is 930. The molecule has 0 N–H and O–H groups in total. The Hall–Kier alpha value is -2.89. The van der Waals surface area contributed by atoms with E-state index in [0.29, 0.717) is 11.9 Å². The molecule has 2 aromatic heterocycles. The predicted octanol–water partition coefficient (Wildman–Crippen LogP) is 3.80. The first kappa shape index (κ1) is 17.2. The third-order valence-corrected chi connectivity index (χ3v) is 6.02. The lowest BCUT2D eigenvalue weighted by Crippen LogP contribution is -2.42. The number of nitrogens with zero attached hydrogens (tertiary/aromatic N) is 4. The van der Waals surface area contributed by atoms with Gasteiger partial charge in [0.15, 0.2) is 5.58 Å². The zero-order chi connectivity index (χ0) is 18.9. The van der Waals surface area contributed by atoms with Crippen LogP contribution in [0.3, 0.4) is 0 Å². The summed E-state index contributed by atoms with van der Waals surface area (Å²) in [6, 6.07) is 12.8. The van der Waals surface area contributed by atoms with Crippen LogP contribution in [-0.2, 0) is 4.79 Å². The highest BCUT2D eigenvalue weighted by atomic mass is 16.4. The molecule has 2 aliphatic rings. The van der Waals surface area contributed by atoms with E-state index in [2.05, 4.69) is 19.8 Å². The van der Waals surface area contributed by atoms with Gasteiger partial charge in [0.2, 0.25) is 5.91 Å². The number of fused-ring (bicyclic) bond motifs is 1. The Labute approximate surface area is 164 Å². The summed E-state index contributed by atoms with van der Waals surface area (Å²) in [5.41, 5.74) is 2.89. The summed E-state index contributed by atoms with van der Waals surface area (Å²) in [4.78, 5) is 26.2. The van der Waals surface area contributed by atoms with Crippen LogP contribution < -0.4 is 4.90 Å². The van der Waals surface area contributed by atoms with Crippen LogP contribution >= 0.6 is 0 Å². The van der Waals surface area contributed by atoms with Gasteiger partial charge < -0.3 is 14.2 Å². The standard InChI is InChI=1S/C22H24N4O2/c27-21(26-13-3-5-19(26)16-7-11-23-12-8-16)17-9-14-25(15-10-17)22-24-18-4-1-2-6-20(18)28-22/h1-2,4,6-8,11-12,17,19H,3,5,9-10,13-15H2. The molecule has 5 rings (SSSR count). The van der Waals surface area contributed by atoms with Crippen molar-refractivity contribution < 1.29 is 9.21 Å². The van der Waals surface area contributed by atoms with Crippen molar-refractivity contribution in [1.82, 2.24) is 14.9 Å². The van der Waals surface area contributed by atoms with Crippen LogP contribution in [0.15, 0.2) is 53.2 Å². The Morgan fingerprint density at radius 1 is 1.00 bits per heavy atom. The molecule has 2 aliphatic heterocycles. The molecule has 6 heteroatoms. The first-order valence-electron chi connectivity index (χ1n) is 10.1. The normalized spacial score (nSPS) is 20.8. The molecule has 2 fully saturated rings. The Kier molecular flexibility index (Phi) is 4.47. The fraction of sp³-hybridized carbons (Fsp3) is 0.409. The first-order valence-corrected chi connectivity index (χ1v) is 10.1. The molecule has 1 atom stereocenters. The van der Waals surface area contributed by atoms with E-state index in [1.807, 2.05) is 48.8 Å². The zero-order valence-electron chi connectivity index (χ0n) is 15.8. The van der Waals surface area contributed by atoms with Gasteiger partial charge in [0, 0.05) is 37.9 Å². The molecule has 1 aromatic carbocycles. The van der Waals surface area contributed by atoms with Crippen LogP contribution in [0.25, 0.3) is 11.1 Å². The van der Waals surface area contributed by atoms with Crippen LogP contribution in [0.1, 0.15) is 37.3 Å². The number of oxazole rings is 1. The van der Waals surface area contributed by atoms with Crippen molar-refractivity contribution in [1.29, 1.82) is 0 Å². The van der Waals surface area contributed by atoms with Gasteiger partial charge in [-0.15, -0.1) is 0 Å². The summed E-state index contributed by atoms with van der Waals surface area (Å²) in [5.74, 6) is 0.389. The van der Waals surface area contributed by atoms with Gasteiger partial charge in [-0.1, -0.05) is 12.1 Å². The minimum absolute atomic E-state index is 0.0862. The van der Waals surface area contributed by atoms with Crippen molar-refractivity contribution in [3.05, 3.63) is 54.4 Å². The van der Waals surface area contributed by atoms with E-state index in [0.717, 1.165) is 56.4 Å². The van der Waals surface area contributed by atoms with E-state index in [1.165, 1.54) is 5.56 Å². The number of amides is 1. The summed E-state index contributed by atoms with van der Waals surface area (Å²) in [5, 5.41) is 0. The number of likely N-dealkylation sites (tertiary alicyclic amines) is 1. The fourth-order valence-corrected chi connectivity index (χ4v) is 4.51. The molecule has 1 amide bonds. The van der Waals surface area contributed by atoms with Crippen molar-refractivity contribution in [3.8, 4) is 0 Å². The van der Waals surface area contributed by atoms with Crippen LogP contribution in [0.4, 0.5) is 6.01 Å². The molecule has 28 heavy (non-hydrogen) atoms. The number of piperidine rings is 1. The molecule has 6 nitrogen and oxygen atoms in total. The number of hydrogen-bond acceptors (Lipinski definition) is 5. The Morgan fingerprint density at radius 3 is 2.57 bits per heavy atom. The molecule has 4 heterocycles. The van der Waals surface area contributed by atoms with Crippen LogP contribution in [-0.4, -0.2) is 40.4 Å². The topological polar surface area (TPSA) is 62.5 Å². The van der Waals surface area contributed by atoms with Crippen LogP contribution in [0.5, 0.6) is 0 Å². The number of pyridine rings is 1. The quantitative estimate of drug-likeness (QED) is 0.696. The predicted molar refractivity (Wildman–Crippen MR) is 107 cm³/mol. The van der Waals surface area contributed by atoms with Crippen molar-refractivity contribution in [2.24, 2.45) is 5.92 Å². The lowest BCUT2D eigenvalue weighted by atomic mass is 9.94. The van der Waals surface area contributed by atoms with E-state index in [4.69, 9.17) is 4.42 Å². The molecule has 0 saturated carbocycles. The largest absolute Gasteiger partial charge is 0.423 e. The molecule has 3 aromatic rings. The smallest absolute Gasteiger partial charge is 0.298 e. The Morgan fingerprint density at radius 2 is 1.79 bits per heavy atom. The molecule has 144 valence electrons. The minimum Gasteiger partial charge on any atom is -0.423 e. The van der Waals surface area contributed by atoms with Gasteiger partial charge in [0.25, 0.3) is 6.01 Å². The van der Waals surface area contributed by atoms with Gasteiger partial charge in [-0.25, -0.2) is 0 Å². The number of aromatic nitrogens is 2. The van der Waals surface area contributed by atoms with Gasteiger partial charge in [0.05, 0.1) is 6.04 Å². The van der Waals surface area contributed by atoms with Gasteiger partial charge in [0.1, 0.15) is 5.52 Å². The minimum atomic E-state index is 0.0862. The van der Waals surface area contributed by atoms with Crippen molar-refractivity contribution >= 4 is 23.0 Å². The average Bonchev–Trinajstić information content (AvgIpc) is 3.41. The number of carbonyl (C=O) groups is 1. The van der Waals surface area contributed by atoms with E-state index < -0.39 is 0 Å². The maximum atomic E-state index is 13.2. The van der Waals surface area contributed by atoms with Gasteiger partial charge >= 0.3 is 0 Å². The molecule has 0 aliphatic carbocycles. The number of benzene rings is 1. The number of hydrogen-bond donors (Lipinski definition) is 0. The van der Waals surface area contributed by atoms with Crippen molar-refractivity contribution in [2.75, 3.05) is 24.5 Å². The zero-order valence-corrected chi connectivity index (χ0v) is 15.8. The highest BCUT2D eigenvalue weighted by Gasteiger charge is 2.35. The average molecular weight is 376 g/mol. The SMILES string of the molecule is O=C(C1CCN(c2nc3ccccc3o2)CC1)N1CCCC1c1ccncc1. The van der Waals surface area contributed by atoms with Gasteiger partial charge in [-0.3, -0.25) is 9.78 Å². The van der Waals surface area contributed by atoms with Crippen molar-refractivity contribution in [3.63, 3.8) is 0 Å². The summed E-state index contributed by atoms with van der Waals surface area (Å²) in [6.45, 7) is 2.46. The van der Waals surface area contributed by atoms with Crippen LogP contribution in [0, 0.1) is 5.92 Å². The third-order valence-electron chi connectivity index (χ3n) is 6.02. The fourth-order valence-electron chi connectivity index (χ4n) is 4.51. The summed E-state index contributed by atoms with van der Waals surface area (Å²) < 4.78 is 5.89. The Balaban J connectivity index is 1.25. The lowest BCUT2D eigenvalue weighted by molar-refractivity contribution is -0.137. The molecular formula is C22H24N4O2. The molecule has 0 spiro atoms. The second-order valence-electron chi connectivity index (χ2n) is 7.70. The molecular weight excluding hydrogens is 352 g/mol. The second-order valence-corrected chi connectivity index (χ2v) is 7.70. The summed E-state index contributed by atoms with van der Waals surface area (Å²) in [6.07, 6.45) is 7.43. The molecule has 0 radical (unpaired) electrons. The monoisotopic (exact) mass is 376 g/mol. The van der Waals surface area contributed by atoms with E-state index in [-0.39, 0.29) is 12.0 Å². The third kappa shape index (κ3) is 3.13. The van der Waals surface area contributed by atoms with E-state index >= 15 is 0 Å². The lowest BCUT2D eigenvalue weighted by Gasteiger charge is -2.34. The second kappa shape index (κ2) is 7.26.